The molecule has 0 unspecified atom stereocenters. The number of ether oxygens (including phenoxy) is 1. The third kappa shape index (κ3) is 2.22. The van der Waals surface area contributed by atoms with E-state index in [1.807, 2.05) is 37.3 Å². The van der Waals surface area contributed by atoms with Gasteiger partial charge in [0.1, 0.15) is 10.4 Å². The summed E-state index contributed by atoms with van der Waals surface area (Å²) in [7, 11) is 1.67. The van der Waals surface area contributed by atoms with Gasteiger partial charge in [-0.05, 0) is 58.7 Å². The van der Waals surface area contributed by atoms with E-state index in [2.05, 4.69) is 26.1 Å². The van der Waals surface area contributed by atoms with Crippen LogP contribution in [0, 0.1) is 6.92 Å². The summed E-state index contributed by atoms with van der Waals surface area (Å²) in [4.78, 5) is 0. The average molecular weight is 279 g/mol. The van der Waals surface area contributed by atoms with Crippen LogP contribution in [0.5, 0.6) is 5.75 Å². The van der Waals surface area contributed by atoms with Crippen molar-refractivity contribution in [2.24, 2.45) is 0 Å². The smallest absolute Gasteiger partial charge is 0.128 e. The average Bonchev–Trinajstić information content (AvgIpc) is 2.30. The van der Waals surface area contributed by atoms with Crippen LogP contribution in [-0.4, -0.2) is 17.3 Å². The molecule has 0 radical (unpaired) electrons. The number of hydrogen-bond donors (Lipinski definition) is 0. The van der Waals surface area contributed by atoms with E-state index in [0.29, 0.717) is 0 Å². The van der Waals surface area contributed by atoms with Crippen LogP contribution in [0.15, 0.2) is 34.9 Å². The van der Waals surface area contributed by atoms with E-state index in [0.717, 1.165) is 27.2 Å². The molecule has 0 aliphatic heterocycles. The van der Waals surface area contributed by atoms with Crippen molar-refractivity contribution in [1.82, 2.24) is 10.2 Å². The second-order valence-electron chi connectivity index (χ2n) is 3.43. The van der Waals surface area contributed by atoms with Crippen LogP contribution in [0.25, 0.3) is 11.3 Å². The highest BCUT2D eigenvalue weighted by molar-refractivity contribution is 9.10. The van der Waals surface area contributed by atoms with Crippen LogP contribution >= 0.6 is 15.9 Å². The standard InChI is InChI=1S/C12H11BrN2O/c1-8-7-9(3-5-11(8)16-2)10-4-6-12(13)15-14-10/h3-7H,1-2H3. The molecule has 1 aromatic heterocycles. The minimum Gasteiger partial charge on any atom is -0.496 e. The van der Waals surface area contributed by atoms with Crippen LogP contribution < -0.4 is 4.74 Å². The largest absolute Gasteiger partial charge is 0.496 e. The first kappa shape index (κ1) is 11.1. The molecule has 2 aromatic rings. The monoisotopic (exact) mass is 278 g/mol. The molecule has 0 atom stereocenters. The SMILES string of the molecule is COc1ccc(-c2ccc(Br)nn2)cc1C. The number of benzene rings is 1. The first-order valence-electron chi connectivity index (χ1n) is 4.85. The second-order valence-corrected chi connectivity index (χ2v) is 4.24. The van der Waals surface area contributed by atoms with Crippen molar-refractivity contribution in [2.45, 2.75) is 6.92 Å². The van der Waals surface area contributed by atoms with Crippen molar-refractivity contribution in [2.75, 3.05) is 7.11 Å². The Morgan fingerprint density at radius 1 is 1.12 bits per heavy atom. The Morgan fingerprint density at radius 2 is 1.94 bits per heavy atom. The first-order chi connectivity index (χ1) is 7.70. The maximum atomic E-state index is 5.21. The summed E-state index contributed by atoms with van der Waals surface area (Å²) in [6.45, 7) is 2.01. The fourth-order valence-corrected chi connectivity index (χ4v) is 1.72. The number of aryl methyl sites for hydroxylation is 1. The third-order valence-electron chi connectivity index (χ3n) is 2.32. The highest BCUT2D eigenvalue weighted by Gasteiger charge is 2.03. The molecule has 82 valence electrons. The van der Waals surface area contributed by atoms with E-state index in [1.54, 1.807) is 7.11 Å². The molecule has 0 N–H and O–H groups in total. The van der Waals surface area contributed by atoms with Crippen molar-refractivity contribution in [1.29, 1.82) is 0 Å². The number of halogens is 1. The van der Waals surface area contributed by atoms with Gasteiger partial charge in [0.05, 0.1) is 12.8 Å². The lowest BCUT2D eigenvalue weighted by molar-refractivity contribution is 0.412. The molecular formula is C12H11BrN2O. The van der Waals surface area contributed by atoms with E-state index >= 15 is 0 Å². The molecule has 0 fully saturated rings. The summed E-state index contributed by atoms with van der Waals surface area (Å²) in [6, 6.07) is 9.76. The maximum Gasteiger partial charge on any atom is 0.128 e. The van der Waals surface area contributed by atoms with Crippen LogP contribution in [0.4, 0.5) is 0 Å². The fraction of sp³-hybridized carbons (Fsp3) is 0.167. The lowest BCUT2D eigenvalue weighted by Gasteiger charge is -2.06. The van der Waals surface area contributed by atoms with Crippen LogP contribution in [-0.2, 0) is 0 Å². The Hall–Kier alpha value is -1.42. The molecule has 0 saturated carbocycles. The lowest BCUT2D eigenvalue weighted by atomic mass is 10.1. The molecule has 0 amide bonds. The second kappa shape index (κ2) is 4.61. The Kier molecular flexibility index (Phi) is 3.19. The van der Waals surface area contributed by atoms with E-state index in [9.17, 15) is 0 Å². The first-order valence-corrected chi connectivity index (χ1v) is 5.64. The van der Waals surface area contributed by atoms with Gasteiger partial charge in [0.15, 0.2) is 0 Å². The molecule has 0 aliphatic rings. The molecule has 0 bridgehead atoms. The van der Waals surface area contributed by atoms with Crippen LogP contribution in [0.3, 0.4) is 0 Å². The molecule has 0 spiro atoms. The Labute approximate surface area is 103 Å². The number of aromatic nitrogens is 2. The highest BCUT2D eigenvalue weighted by atomic mass is 79.9. The van der Waals surface area contributed by atoms with Gasteiger partial charge < -0.3 is 4.74 Å². The number of rotatable bonds is 2. The lowest BCUT2D eigenvalue weighted by Crippen LogP contribution is -1.90. The zero-order valence-corrected chi connectivity index (χ0v) is 10.7. The van der Waals surface area contributed by atoms with Gasteiger partial charge >= 0.3 is 0 Å². The Balaban J connectivity index is 2.41. The van der Waals surface area contributed by atoms with Gasteiger partial charge in [-0.3, -0.25) is 0 Å². The van der Waals surface area contributed by atoms with E-state index in [1.165, 1.54) is 0 Å². The van der Waals surface area contributed by atoms with Gasteiger partial charge in [0.25, 0.3) is 0 Å². The van der Waals surface area contributed by atoms with Gasteiger partial charge in [0.2, 0.25) is 0 Å². The van der Waals surface area contributed by atoms with E-state index in [4.69, 9.17) is 4.74 Å². The van der Waals surface area contributed by atoms with Gasteiger partial charge in [0, 0.05) is 5.56 Å². The molecule has 3 nitrogen and oxygen atoms in total. The van der Waals surface area contributed by atoms with Crippen LogP contribution in [0.2, 0.25) is 0 Å². The van der Waals surface area contributed by atoms with Crippen molar-refractivity contribution >= 4 is 15.9 Å². The minimum atomic E-state index is 0.737. The number of hydrogen-bond acceptors (Lipinski definition) is 3. The topological polar surface area (TPSA) is 35.0 Å². The molecule has 1 heterocycles. The summed E-state index contributed by atoms with van der Waals surface area (Å²) in [5, 5.41) is 8.07. The van der Waals surface area contributed by atoms with E-state index in [-0.39, 0.29) is 0 Å². The molecule has 1 aromatic carbocycles. The normalized spacial score (nSPS) is 10.2. The molecular weight excluding hydrogens is 268 g/mol. The number of nitrogens with zero attached hydrogens (tertiary/aromatic N) is 2. The zero-order chi connectivity index (χ0) is 11.5. The van der Waals surface area contributed by atoms with Crippen molar-refractivity contribution in [3.05, 3.63) is 40.5 Å². The summed E-state index contributed by atoms with van der Waals surface area (Å²) in [5.41, 5.74) is 2.98. The third-order valence-corrected chi connectivity index (χ3v) is 2.75. The number of methoxy groups -OCH3 is 1. The van der Waals surface area contributed by atoms with Gasteiger partial charge in [-0.2, -0.15) is 0 Å². The van der Waals surface area contributed by atoms with Crippen molar-refractivity contribution < 1.29 is 4.74 Å². The highest BCUT2D eigenvalue weighted by Crippen LogP contribution is 2.24. The molecule has 4 heteroatoms. The maximum absolute atomic E-state index is 5.21. The molecule has 2 rings (SSSR count). The summed E-state index contributed by atoms with van der Waals surface area (Å²) in [5.74, 6) is 0.883. The zero-order valence-electron chi connectivity index (χ0n) is 9.07. The fourth-order valence-electron chi connectivity index (χ4n) is 1.51. The van der Waals surface area contributed by atoms with Gasteiger partial charge in [-0.15, -0.1) is 10.2 Å². The predicted octanol–water partition coefficient (Wildman–Crippen LogP) is 3.22. The van der Waals surface area contributed by atoms with Gasteiger partial charge in [-0.1, -0.05) is 0 Å². The van der Waals surface area contributed by atoms with Crippen molar-refractivity contribution in [3.63, 3.8) is 0 Å². The quantitative estimate of drug-likeness (QED) is 0.846. The van der Waals surface area contributed by atoms with Crippen molar-refractivity contribution in [3.8, 4) is 17.0 Å². The van der Waals surface area contributed by atoms with Crippen LogP contribution in [0.1, 0.15) is 5.56 Å². The van der Waals surface area contributed by atoms with Gasteiger partial charge in [-0.25, -0.2) is 0 Å². The molecule has 0 aliphatic carbocycles. The summed E-state index contributed by atoms with van der Waals surface area (Å²) in [6.07, 6.45) is 0. The Morgan fingerprint density at radius 3 is 2.50 bits per heavy atom. The summed E-state index contributed by atoms with van der Waals surface area (Å²) < 4.78 is 5.95. The Bertz CT molecular complexity index is 497. The summed E-state index contributed by atoms with van der Waals surface area (Å²) >= 11 is 3.26. The minimum absolute atomic E-state index is 0.737. The van der Waals surface area contributed by atoms with E-state index < -0.39 is 0 Å². The predicted molar refractivity (Wildman–Crippen MR) is 66.5 cm³/mol. The molecule has 16 heavy (non-hydrogen) atoms. The molecule has 0 saturated heterocycles.